The smallest absolute Gasteiger partial charge is 0.460 e. The third-order valence-corrected chi connectivity index (χ3v) is 5.29. The Kier molecular flexibility index (Phi) is 12.5. The van der Waals surface area contributed by atoms with Crippen molar-refractivity contribution < 1.29 is 98.6 Å². The molecule has 23 heteroatoms. The third-order valence-electron chi connectivity index (χ3n) is 4.48. The van der Waals surface area contributed by atoms with E-state index in [1.54, 1.807) is 0 Å². The summed E-state index contributed by atoms with van der Waals surface area (Å²) in [7, 11) is -6.73. The summed E-state index contributed by atoms with van der Waals surface area (Å²) in [5.41, 5.74) is -7.93. The molecule has 0 bridgehead atoms. The number of carbonyl (C=O) groups is 2. The van der Waals surface area contributed by atoms with Gasteiger partial charge in [-0.15, -0.1) is 0 Å². The van der Waals surface area contributed by atoms with E-state index in [9.17, 15) is 75.1 Å². The van der Waals surface area contributed by atoms with Crippen LogP contribution < -0.4 is 0 Å². The van der Waals surface area contributed by atoms with Crippen LogP contribution in [-0.4, -0.2) is 99.2 Å². The second-order valence-electron chi connectivity index (χ2n) is 7.76. The summed E-state index contributed by atoms with van der Waals surface area (Å²) in [5, 5.41) is -6.00. The molecule has 0 aliphatic rings. The maximum Gasteiger partial charge on any atom is 0.465 e. The SMILES string of the molecule is C=C(C)C(=O)OCCOCCOCC(CC(F)(F)C(F)(F)C(F)(C(F)(F)F)C(F)(F)F)OC(=O)C(F)(F)S(=O)(=O)O. The van der Waals surface area contributed by atoms with Crippen LogP contribution in [0.1, 0.15) is 13.3 Å². The van der Waals surface area contributed by atoms with Gasteiger partial charge in [-0.25, -0.2) is 14.0 Å². The molecular formula is C18H19F13O9S. The minimum absolute atomic E-state index is 0.00801. The Bertz CT molecular complexity index is 1030. The van der Waals surface area contributed by atoms with Gasteiger partial charge in [0.2, 0.25) is 0 Å². The standard InChI is InChI=1S/C18H19F13O9S/c1-9(2)11(32)39-6-5-37-3-4-38-8-10(40-12(33)14(21,22)41(34,35)36)7-13(19,20)16(24,25)15(23,17(26,27)28)18(29,30)31/h10H,1,3-8H2,2H3,(H,34,35,36). The monoisotopic (exact) mass is 658 g/mol. The number of hydrogen-bond donors (Lipinski definition) is 1. The predicted molar refractivity (Wildman–Crippen MR) is 104 cm³/mol. The highest BCUT2D eigenvalue weighted by Gasteiger charge is 2.90. The minimum Gasteiger partial charge on any atom is -0.460 e. The van der Waals surface area contributed by atoms with Crippen LogP contribution in [0.4, 0.5) is 57.1 Å². The molecule has 0 saturated heterocycles. The van der Waals surface area contributed by atoms with Crippen LogP contribution in [-0.2, 0) is 38.7 Å². The van der Waals surface area contributed by atoms with Crippen molar-refractivity contribution in [3.8, 4) is 0 Å². The molecule has 9 nitrogen and oxygen atoms in total. The summed E-state index contributed by atoms with van der Waals surface area (Å²) in [6.45, 7) is 0.395. The average molecular weight is 658 g/mol. The van der Waals surface area contributed by atoms with Crippen molar-refractivity contribution in [1.82, 2.24) is 0 Å². The molecular weight excluding hydrogens is 639 g/mol. The van der Waals surface area contributed by atoms with E-state index in [-0.39, 0.29) is 12.2 Å². The molecule has 0 aromatic heterocycles. The molecule has 1 N–H and O–H groups in total. The predicted octanol–water partition coefficient (Wildman–Crippen LogP) is 4.02. The average Bonchev–Trinajstić information content (AvgIpc) is 2.76. The molecule has 0 aliphatic heterocycles. The maximum absolute atomic E-state index is 14.2. The van der Waals surface area contributed by atoms with Crippen LogP contribution in [0.25, 0.3) is 0 Å². The molecule has 0 heterocycles. The van der Waals surface area contributed by atoms with Crippen LogP contribution in [0.15, 0.2) is 12.2 Å². The van der Waals surface area contributed by atoms with E-state index in [0.717, 1.165) is 0 Å². The van der Waals surface area contributed by atoms with Gasteiger partial charge in [-0.05, 0) is 6.92 Å². The van der Waals surface area contributed by atoms with Crippen molar-refractivity contribution in [2.75, 3.05) is 33.0 Å². The van der Waals surface area contributed by atoms with Crippen molar-refractivity contribution in [1.29, 1.82) is 0 Å². The van der Waals surface area contributed by atoms with E-state index in [1.807, 2.05) is 0 Å². The molecule has 41 heavy (non-hydrogen) atoms. The van der Waals surface area contributed by atoms with Crippen molar-refractivity contribution in [2.24, 2.45) is 0 Å². The third kappa shape index (κ3) is 9.04. The number of esters is 2. The number of ether oxygens (including phenoxy) is 4. The first kappa shape index (κ1) is 38.6. The Hall–Kier alpha value is -2.40. The number of hydrogen-bond acceptors (Lipinski definition) is 8. The first-order valence-corrected chi connectivity index (χ1v) is 11.6. The Morgan fingerprint density at radius 3 is 1.66 bits per heavy atom. The van der Waals surface area contributed by atoms with Crippen molar-refractivity contribution in [3.63, 3.8) is 0 Å². The molecule has 1 atom stereocenters. The second-order valence-corrected chi connectivity index (χ2v) is 9.22. The Morgan fingerprint density at radius 2 is 1.24 bits per heavy atom. The summed E-state index contributed by atoms with van der Waals surface area (Å²) in [6.07, 6.45) is -22.1. The fourth-order valence-corrected chi connectivity index (χ4v) is 2.65. The van der Waals surface area contributed by atoms with Crippen molar-refractivity contribution >= 4 is 22.1 Å². The zero-order chi connectivity index (χ0) is 32.9. The summed E-state index contributed by atoms with van der Waals surface area (Å²) in [6, 6.07) is 0. The maximum atomic E-state index is 14.2. The van der Waals surface area contributed by atoms with Gasteiger partial charge in [0.25, 0.3) is 0 Å². The molecule has 0 radical (unpaired) electrons. The summed E-state index contributed by atoms with van der Waals surface area (Å²) >= 11 is 0. The lowest BCUT2D eigenvalue weighted by Gasteiger charge is -2.40. The zero-order valence-electron chi connectivity index (χ0n) is 20.1. The molecule has 0 rings (SSSR count). The molecule has 242 valence electrons. The van der Waals surface area contributed by atoms with Gasteiger partial charge in [0.15, 0.2) is 0 Å². The summed E-state index contributed by atoms with van der Waals surface area (Å²) in [4.78, 5) is 22.5. The van der Waals surface area contributed by atoms with Gasteiger partial charge in [0.05, 0.1) is 32.8 Å². The highest BCUT2D eigenvalue weighted by atomic mass is 32.2. The quantitative estimate of drug-likeness (QED) is 0.0861. The van der Waals surface area contributed by atoms with Gasteiger partial charge < -0.3 is 18.9 Å². The highest BCUT2D eigenvalue weighted by Crippen LogP contribution is 2.60. The molecule has 0 saturated carbocycles. The zero-order valence-corrected chi connectivity index (χ0v) is 20.9. The van der Waals surface area contributed by atoms with Crippen LogP contribution in [0.5, 0.6) is 0 Å². The van der Waals surface area contributed by atoms with Gasteiger partial charge in [-0.2, -0.15) is 61.1 Å². The van der Waals surface area contributed by atoms with Crippen molar-refractivity contribution in [2.45, 2.75) is 54.6 Å². The van der Waals surface area contributed by atoms with Crippen LogP contribution in [0.3, 0.4) is 0 Å². The largest absolute Gasteiger partial charge is 0.465 e. The normalized spacial score (nSPS) is 14.9. The van der Waals surface area contributed by atoms with Gasteiger partial charge in [0, 0.05) is 5.57 Å². The van der Waals surface area contributed by atoms with Crippen LogP contribution in [0, 0.1) is 0 Å². The lowest BCUT2D eigenvalue weighted by atomic mass is 9.88. The molecule has 0 aromatic carbocycles. The molecule has 0 amide bonds. The van der Waals surface area contributed by atoms with E-state index in [1.165, 1.54) is 6.92 Å². The number of alkyl halides is 13. The molecule has 0 aromatic rings. The Morgan fingerprint density at radius 1 is 0.805 bits per heavy atom. The first-order valence-electron chi connectivity index (χ1n) is 10.2. The first-order chi connectivity index (χ1) is 18.1. The fourth-order valence-electron chi connectivity index (χ4n) is 2.39. The number of halogens is 13. The molecule has 0 fully saturated rings. The minimum atomic E-state index is -7.92. The van der Waals surface area contributed by atoms with Crippen molar-refractivity contribution in [3.05, 3.63) is 12.2 Å². The number of rotatable bonds is 16. The molecule has 0 aliphatic carbocycles. The van der Waals surface area contributed by atoms with Crippen LogP contribution >= 0.6 is 0 Å². The highest BCUT2D eigenvalue weighted by molar-refractivity contribution is 7.87. The van der Waals surface area contributed by atoms with E-state index >= 15 is 0 Å². The summed E-state index contributed by atoms with van der Waals surface area (Å²) < 4.78 is 220. The molecule has 1 unspecified atom stereocenters. The van der Waals surface area contributed by atoms with Crippen LogP contribution in [0.2, 0.25) is 0 Å². The Labute approximate surface area is 221 Å². The lowest BCUT2D eigenvalue weighted by Crippen LogP contribution is -2.70. The van der Waals surface area contributed by atoms with Gasteiger partial charge in [-0.3, -0.25) is 4.55 Å². The lowest BCUT2D eigenvalue weighted by molar-refractivity contribution is -0.428. The number of carbonyl (C=O) groups excluding carboxylic acids is 2. The van der Waals surface area contributed by atoms with E-state index in [2.05, 4.69) is 20.8 Å². The molecule has 0 spiro atoms. The Balaban J connectivity index is 5.86. The summed E-state index contributed by atoms with van der Waals surface area (Å²) in [5.74, 6) is -18.9. The fraction of sp³-hybridized carbons (Fsp3) is 0.778. The van der Waals surface area contributed by atoms with E-state index < -0.39 is 96.1 Å². The topological polar surface area (TPSA) is 125 Å². The van der Waals surface area contributed by atoms with Gasteiger partial charge in [-0.1, -0.05) is 6.58 Å². The second kappa shape index (κ2) is 13.3. The van der Waals surface area contributed by atoms with Gasteiger partial charge in [0.1, 0.15) is 12.7 Å². The van der Waals surface area contributed by atoms with E-state index in [4.69, 9.17) is 9.29 Å². The van der Waals surface area contributed by atoms with Gasteiger partial charge >= 0.3 is 57.2 Å². The van der Waals surface area contributed by atoms with E-state index in [0.29, 0.717) is 0 Å².